The van der Waals surface area contributed by atoms with E-state index in [1.54, 1.807) is 19.2 Å². The van der Waals surface area contributed by atoms with Gasteiger partial charge >= 0.3 is 6.18 Å². The summed E-state index contributed by atoms with van der Waals surface area (Å²) in [4.78, 5) is 4.03. The first-order valence-electron chi connectivity index (χ1n) is 5.16. The molecule has 1 heterocycles. The lowest BCUT2D eigenvalue weighted by Gasteiger charge is -2.19. The summed E-state index contributed by atoms with van der Waals surface area (Å²) in [6, 6.07) is 3.19. The largest absolute Gasteiger partial charge is 0.398 e. The Morgan fingerprint density at radius 1 is 1.38 bits per heavy atom. The zero-order valence-corrected chi connectivity index (χ0v) is 8.93. The average molecular weight is 230 g/mol. The van der Waals surface area contributed by atoms with Crippen molar-refractivity contribution in [3.63, 3.8) is 0 Å². The molecule has 1 fully saturated rings. The Hall–Kier alpha value is -1.10. The smallest absolute Gasteiger partial charge is 0.314 e. The molecule has 2 nitrogen and oxygen atoms in total. The van der Waals surface area contributed by atoms with Gasteiger partial charge in [-0.15, -0.1) is 0 Å². The van der Waals surface area contributed by atoms with Crippen LogP contribution in [0.2, 0.25) is 0 Å². The van der Waals surface area contributed by atoms with Gasteiger partial charge in [-0.25, -0.2) is 0 Å². The van der Waals surface area contributed by atoms with Crippen molar-refractivity contribution in [1.82, 2.24) is 10.3 Å². The zero-order chi connectivity index (χ0) is 11.8. The first-order chi connectivity index (χ1) is 7.49. The van der Waals surface area contributed by atoms with Crippen LogP contribution in [0.25, 0.3) is 0 Å². The van der Waals surface area contributed by atoms with Crippen LogP contribution in [0.1, 0.15) is 24.1 Å². The van der Waals surface area contributed by atoms with Crippen molar-refractivity contribution in [1.29, 1.82) is 0 Å². The molecule has 0 atom stereocenters. The quantitative estimate of drug-likeness (QED) is 0.862. The summed E-state index contributed by atoms with van der Waals surface area (Å²) in [6.45, 7) is 0.569. The van der Waals surface area contributed by atoms with Gasteiger partial charge in [0.2, 0.25) is 0 Å². The van der Waals surface area contributed by atoms with Crippen molar-refractivity contribution in [3.05, 3.63) is 29.6 Å². The highest BCUT2D eigenvalue weighted by molar-refractivity contribution is 5.32. The number of aromatic nitrogens is 1. The van der Waals surface area contributed by atoms with Gasteiger partial charge in [-0.2, -0.15) is 13.2 Å². The molecular weight excluding hydrogens is 217 g/mol. The number of rotatable bonds is 3. The van der Waals surface area contributed by atoms with Crippen LogP contribution >= 0.6 is 0 Å². The molecule has 16 heavy (non-hydrogen) atoms. The maximum atomic E-state index is 12.8. The number of alkyl halides is 3. The van der Waals surface area contributed by atoms with Gasteiger partial charge in [0, 0.05) is 12.7 Å². The van der Waals surface area contributed by atoms with E-state index in [0.29, 0.717) is 12.1 Å². The molecule has 1 aliphatic carbocycles. The molecular formula is C11H13F3N2. The lowest BCUT2D eigenvalue weighted by Crippen LogP contribution is -2.28. The van der Waals surface area contributed by atoms with E-state index >= 15 is 0 Å². The van der Waals surface area contributed by atoms with E-state index in [0.717, 1.165) is 5.69 Å². The minimum Gasteiger partial charge on any atom is -0.314 e. The Labute approximate surface area is 91.9 Å². The molecule has 1 N–H and O–H groups in total. The van der Waals surface area contributed by atoms with E-state index in [9.17, 15) is 13.2 Å². The predicted molar refractivity (Wildman–Crippen MR) is 54.0 cm³/mol. The van der Waals surface area contributed by atoms with E-state index in [4.69, 9.17) is 0 Å². The molecule has 0 saturated heterocycles. The van der Waals surface area contributed by atoms with Gasteiger partial charge < -0.3 is 5.32 Å². The third-order valence-corrected chi connectivity index (χ3v) is 3.03. The second kappa shape index (κ2) is 3.73. The van der Waals surface area contributed by atoms with Crippen LogP contribution < -0.4 is 5.32 Å². The van der Waals surface area contributed by atoms with Gasteiger partial charge in [0.05, 0.1) is 11.1 Å². The van der Waals surface area contributed by atoms with Crippen LogP contribution in [-0.4, -0.2) is 18.2 Å². The van der Waals surface area contributed by atoms with Crippen LogP contribution in [0.3, 0.4) is 0 Å². The highest BCUT2D eigenvalue weighted by atomic mass is 19.4. The maximum Gasteiger partial charge on any atom is 0.398 e. The Morgan fingerprint density at radius 2 is 2.06 bits per heavy atom. The van der Waals surface area contributed by atoms with Gasteiger partial charge in [-0.1, -0.05) is 6.07 Å². The highest BCUT2D eigenvalue weighted by Gasteiger charge is 2.64. The molecule has 1 aromatic heterocycles. The lowest BCUT2D eigenvalue weighted by atomic mass is 9.97. The molecule has 0 spiro atoms. The molecule has 1 aromatic rings. The molecule has 2 rings (SSSR count). The van der Waals surface area contributed by atoms with E-state index < -0.39 is 11.6 Å². The third-order valence-electron chi connectivity index (χ3n) is 3.03. The minimum atomic E-state index is -4.15. The Bertz CT molecular complexity index is 366. The summed E-state index contributed by atoms with van der Waals surface area (Å²) < 4.78 is 38.4. The number of hydrogen-bond donors (Lipinski definition) is 1. The number of nitrogens with zero attached hydrogens (tertiary/aromatic N) is 1. The van der Waals surface area contributed by atoms with Crippen LogP contribution in [0, 0.1) is 0 Å². The second-order valence-corrected chi connectivity index (χ2v) is 4.15. The molecule has 0 bridgehead atoms. The van der Waals surface area contributed by atoms with E-state index in [2.05, 4.69) is 10.3 Å². The lowest BCUT2D eigenvalue weighted by molar-refractivity contribution is -0.160. The molecule has 1 saturated carbocycles. The number of pyridine rings is 1. The van der Waals surface area contributed by atoms with Crippen molar-refractivity contribution >= 4 is 0 Å². The fraction of sp³-hybridized carbons (Fsp3) is 0.545. The fourth-order valence-electron chi connectivity index (χ4n) is 1.85. The Balaban J connectivity index is 2.22. The molecule has 0 amide bonds. The van der Waals surface area contributed by atoms with Crippen LogP contribution in [0.15, 0.2) is 18.3 Å². The Morgan fingerprint density at radius 3 is 2.44 bits per heavy atom. The van der Waals surface area contributed by atoms with Gasteiger partial charge in [0.25, 0.3) is 0 Å². The number of nitrogens with one attached hydrogen (secondary N) is 1. The first kappa shape index (κ1) is 11.4. The van der Waals surface area contributed by atoms with Gasteiger partial charge in [0.15, 0.2) is 0 Å². The summed E-state index contributed by atoms with van der Waals surface area (Å²) in [7, 11) is 1.77. The molecule has 0 aliphatic heterocycles. The average Bonchev–Trinajstić information content (AvgIpc) is 2.99. The van der Waals surface area contributed by atoms with Crippen molar-refractivity contribution in [2.24, 2.45) is 0 Å². The molecule has 1 aliphatic rings. The Kier molecular flexibility index (Phi) is 2.66. The van der Waals surface area contributed by atoms with Crippen molar-refractivity contribution in [3.8, 4) is 0 Å². The fourth-order valence-corrected chi connectivity index (χ4v) is 1.85. The molecule has 0 aromatic carbocycles. The molecule has 0 unspecified atom stereocenters. The van der Waals surface area contributed by atoms with Gasteiger partial charge in [0.1, 0.15) is 0 Å². The number of hydrogen-bond acceptors (Lipinski definition) is 2. The maximum absolute atomic E-state index is 12.8. The van der Waals surface area contributed by atoms with Crippen molar-refractivity contribution < 1.29 is 13.2 Å². The summed E-state index contributed by atoms with van der Waals surface area (Å²) in [5.41, 5.74) is -0.567. The van der Waals surface area contributed by atoms with E-state index in [1.165, 1.54) is 6.20 Å². The van der Waals surface area contributed by atoms with E-state index in [1.807, 2.05) is 0 Å². The third kappa shape index (κ3) is 1.80. The monoisotopic (exact) mass is 230 g/mol. The van der Waals surface area contributed by atoms with Crippen LogP contribution in [-0.2, 0) is 12.0 Å². The van der Waals surface area contributed by atoms with Gasteiger partial charge in [-0.05, 0) is 31.5 Å². The highest BCUT2D eigenvalue weighted by Crippen LogP contribution is 2.58. The van der Waals surface area contributed by atoms with Crippen molar-refractivity contribution in [2.75, 3.05) is 7.05 Å². The molecule has 88 valence electrons. The summed E-state index contributed by atoms with van der Waals surface area (Å²) in [5.74, 6) is 0. The van der Waals surface area contributed by atoms with Crippen LogP contribution in [0.4, 0.5) is 13.2 Å². The molecule has 0 radical (unpaired) electrons. The second-order valence-electron chi connectivity index (χ2n) is 4.15. The predicted octanol–water partition coefficient (Wildman–Crippen LogP) is 2.39. The minimum absolute atomic E-state index is 0.184. The number of halogens is 3. The molecule has 5 heteroatoms. The van der Waals surface area contributed by atoms with Gasteiger partial charge in [-0.3, -0.25) is 4.98 Å². The first-order valence-corrected chi connectivity index (χ1v) is 5.16. The summed E-state index contributed by atoms with van der Waals surface area (Å²) in [5, 5.41) is 2.90. The SMILES string of the molecule is CNCc1ccc(C2(C(F)(F)F)CC2)cn1. The zero-order valence-electron chi connectivity index (χ0n) is 8.93. The summed E-state index contributed by atoms with van der Waals surface area (Å²) >= 11 is 0. The normalized spacial score (nSPS) is 18.5. The summed E-state index contributed by atoms with van der Waals surface area (Å²) in [6.07, 6.45) is -2.43. The standard InChI is InChI=1S/C11H13F3N2/c1-15-7-9-3-2-8(6-16-9)10(4-5-10)11(12,13)14/h2-3,6,15H,4-5,7H2,1H3. The van der Waals surface area contributed by atoms with Crippen LogP contribution in [0.5, 0.6) is 0 Å². The van der Waals surface area contributed by atoms with Crippen molar-refractivity contribution in [2.45, 2.75) is 31.0 Å². The topological polar surface area (TPSA) is 24.9 Å². The van der Waals surface area contributed by atoms with E-state index in [-0.39, 0.29) is 12.8 Å².